The van der Waals surface area contributed by atoms with Gasteiger partial charge in [-0.05, 0) is 50.9 Å². The molecule has 0 spiro atoms. The second kappa shape index (κ2) is 9.19. The van der Waals surface area contributed by atoms with Crippen LogP contribution in [-0.2, 0) is 11.3 Å². The van der Waals surface area contributed by atoms with Gasteiger partial charge in [0.25, 0.3) is 0 Å². The molecule has 1 saturated heterocycles. The van der Waals surface area contributed by atoms with Gasteiger partial charge in [-0.3, -0.25) is 4.90 Å². The lowest BCUT2D eigenvalue weighted by atomic mass is 10.1. The predicted octanol–water partition coefficient (Wildman–Crippen LogP) is 3.18. The first-order valence-electron chi connectivity index (χ1n) is 9.53. The number of aryl methyl sites for hydroxylation is 1. The molecule has 2 aliphatic rings. The summed E-state index contributed by atoms with van der Waals surface area (Å²) in [6.45, 7) is 9.17. The number of hydrogen-bond acceptors (Lipinski definition) is 4. The number of oxime groups is 1. The molecule has 132 valence electrons. The van der Waals surface area contributed by atoms with E-state index in [1.165, 1.54) is 56.7 Å². The molecular formula is C20H31N3O. The van der Waals surface area contributed by atoms with Crippen LogP contribution in [0.5, 0.6) is 0 Å². The number of rotatable bonds is 7. The summed E-state index contributed by atoms with van der Waals surface area (Å²) in [5, 5.41) is 4.19. The molecule has 24 heavy (non-hydrogen) atoms. The lowest BCUT2D eigenvalue weighted by molar-refractivity contribution is 0.0535. The monoisotopic (exact) mass is 329 g/mol. The molecule has 4 nitrogen and oxygen atoms in total. The molecule has 3 rings (SSSR count). The van der Waals surface area contributed by atoms with Gasteiger partial charge in [-0.15, -0.1) is 0 Å². The summed E-state index contributed by atoms with van der Waals surface area (Å²) in [7, 11) is 0. The van der Waals surface area contributed by atoms with Crippen LogP contribution in [0.1, 0.15) is 38.2 Å². The maximum atomic E-state index is 5.57. The molecule has 0 radical (unpaired) electrons. The summed E-state index contributed by atoms with van der Waals surface area (Å²) >= 11 is 0. The van der Waals surface area contributed by atoms with Crippen LogP contribution in [0.2, 0.25) is 0 Å². The summed E-state index contributed by atoms with van der Waals surface area (Å²) in [6, 6.07) is 10.8. The largest absolute Gasteiger partial charge is 0.391 e. The smallest absolute Gasteiger partial charge is 0.145 e. The van der Waals surface area contributed by atoms with E-state index >= 15 is 0 Å². The first-order chi connectivity index (χ1) is 11.8. The summed E-state index contributed by atoms with van der Waals surface area (Å²) in [6.07, 6.45) is 6.03. The number of benzene rings is 1. The van der Waals surface area contributed by atoms with Crippen molar-refractivity contribution in [2.75, 3.05) is 39.3 Å². The Kier molecular flexibility index (Phi) is 6.67. The second-order valence-corrected chi connectivity index (χ2v) is 7.03. The molecule has 2 heterocycles. The van der Waals surface area contributed by atoms with E-state index in [9.17, 15) is 0 Å². The van der Waals surface area contributed by atoms with Gasteiger partial charge < -0.3 is 9.74 Å². The van der Waals surface area contributed by atoms with Crippen molar-refractivity contribution in [1.29, 1.82) is 0 Å². The fourth-order valence-electron chi connectivity index (χ4n) is 3.66. The van der Waals surface area contributed by atoms with Crippen LogP contribution in [0.15, 0.2) is 35.5 Å². The van der Waals surface area contributed by atoms with Crippen molar-refractivity contribution < 1.29 is 4.84 Å². The highest BCUT2D eigenvalue weighted by Gasteiger charge is 2.24. The van der Waals surface area contributed by atoms with Crippen molar-refractivity contribution in [3.8, 4) is 0 Å². The van der Waals surface area contributed by atoms with E-state index in [1.807, 2.05) is 0 Å². The summed E-state index contributed by atoms with van der Waals surface area (Å²) in [4.78, 5) is 10.8. The zero-order chi connectivity index (χ0) is 16.6. The zero-order valence-electron chi connectivity index (χ0n) is 15.0. The molecular weight excluding hydrogens is 298 g/mol. The summed E-state index contributed by atoms with van der Waals surface area (Å²) in [5.41, 5.74) is 2.68. The Morgan fingerprint density at radius 1 is 1.08 bits per heavy atom. The van der Waals surface area contributed by atoms with Gasteiger partial charge in [0.2, 0.25) is 0 Å². The number of hydrogen-bond donors (Lipinski definition) is 0. The van der Waals surface area contributed by atoms with E-state index in [0.29, 0.717) is 0 Å². The van der Waals surface area contributed by atoms with Gasteiger partial charge in [-0.1, -0.05) is 42.4 Å². The Balaban J connectivity index is 1.34. The van der Waals surface area contributed by atoms with Gasteiger partial charge in [-0.2, -0.15) is 0 Å². The molecule has 1 aromatic rings. The second-order valence-electron chi connectivity index (χ2n) is 7.03. The fourth-order valence-corrected chi connectivity index (χ4v) is 3.66. The molecule has 1 aromatic carbocycles. The molecule has 0 amide bonds. The van der Waals surface area contributed by atoms with E-state index < -0.39 is 0 Å². The van der Waals surface area contributed by atoms with Gasteiger partial charge in [0.05, 0.1) is 5.71 Å². The molecule has 2 aliphatic heterocycles. The SMILES string of the molecule is CCC1=NOC(CN2CCCN(CCCc3ccccc3)CC2)C1. The third-order valence-electron chi connectivity index (χ3n) is 5.13. The minimum Gasteiger partial charge on any atom is -0.391 e. The Labute approximate surface area is 146 Å². The van der Waals surface area contributed by atoms with Crippen molar-refractivity contribution in [2.24, 2.45) is 5.16 Å². The maximum absolute atomic E-state index is 5.57. The Morgan fingerprint density at radius 3 is 2.67 bits per heavy atom. The van der Waals surface area contributed by atoms with Crippen molar-refractivity contribution in [2.45, 2.75) is 45.1 Å². The van der Waals surface area contributed by atoms with E-state index in [2.05, 4.69) is 52.2 Å². The van der Waals surface area contributed by atoms with E-state index in [4.69, 9.17) is 4.84 Å². The molecule has 0 bridgehead atoms. The van der Waals surface area contributed by atoms with E-state index in [-0.39, 0.29) is 6.10 Å². The first kappa shape index (κ1) is 17.4. The van der Waals surface area contributed by atoms with Gasteiger partial charge in [-0.25, -0.2) is 0 Å². The molecule has 0 saturated carbocycles. The van der Waals surface area contributed by atoms with Crippen LogP contribution in [-0.4, -0.2) is 60.9 Å². The van der Waals surface area contributed by atoms with Crippen LogP contribution in [0, 0.1) is 0 Å². The third-order valence-corrected chi connectivity index (χ3v) is 5.13. The van der Waals surface area contributed by atoms with Gasteiger partial charge in [0.15, 0.2) is 0 Å². The van der Waals surface area contributed by atoms with Gasteiger partial charge in [0, 0.05) is 26.1 Å². The highest BCUT2D eigenvalue weighted by molar-refractivity contribution is 5.85. The van der Waals surface area contributed by atoms with Crippen LogP contribution in [0.4, 0.5) is 0 Å². The molecule has 0 N–H and O–H groups in total. The Morgan fingerprint density at radius 2 is 1.88 bits per heavy atom. The molecule has 1 fully saturated rings. The van der Waals surface area contributed by atoms with Crippen LogP contribution in [0.3, 0.4) is 0 Å². The maximum Gasteiger partial charge on any atom is 0.145 e. The highest BCUT2D eigenvalue weighted by Crippen LogP contribution is 2.15. The van der Waals surface area contributed by atoms with E-state index in [0.717, 1.165) is 25.9 Å². The van der Waals surface area contributed by atoms with Crippen LogP contribution >= 0.6 is 0 Å². The van der Waals surface area contributed by atoms with Crippen LogP contribution < -0.4 is 0 Å². The van der Waals surface area contributed by atoms with Crippen molar-refractivity contribution in [3.63, 3.8) is 0 Å². The average Bonchev–Trinajstić information content (AvgIpc) is 2.95. The minimum absolute atomic E-state index is 0.282. The molecule has 0 aliphatic carbocycles. The standard InChI is InChI=1S/C20H31N3O/c1-2-19-16-20(24-21-19)17-23-13-7-12-22(14-15-23)11-6-10-18-8-4-3-5-9-18/h3-5,8-9,20H,2,6-7,10-17H2,1H3. The fraction of sp³-hybridized carbons (Fsp3) is 0.650. The van der Waals surface area contributed by atoms with Crippen molar-refractivity contribution in [3.05, 3.63) is 35.9 Å². The highest BCUT2D eigenvalue weighted by atomic mass is 16.6. The number of nitrogens with zero attached hydrogens (tertiary/aromatic N) is 3. The third kappa shape index (κ3) is 5.32. The molecule has 1 atom stereocenters. The average molecular weight is 329 g/mol. The topological polar surface area (TPSA) is 28.1 Å². The Bertz CT molecular complexity index is 517. The van der Waals surface area contributed by atoms with Gasteiger partial charge in [0.1, 0.15) is 6.10 Å². The normalized spacial score (nSPS) is 22.9. The molecule has 4 heteroatoms. The summed E-state index contributed by atoms with van der Waals surface area (Å²) in [5.74, 6) is 0. The molecule has 1 unspecified atom stereocenters. The predicted molar refractivity (Wildman–Crippen MR) is 99.5 cm³/mol. The van der Waals surface area contributed by atoms with Crippen LogP contribution in [0.25, 0.3) is 0 Å². The minimum atomic E-state index is 0.282. The van der Waals surface area contributed by atoms with Crippen molar-refractivity contribution in [1.82, 2.24) is 9.80 Å². The first-order valence-corrected chi connectivity index (χ1v) is 9.53. The lowest BCUT2D eigenvalue weighted by Crippen LogP contribution is -2.36. The van der Waals surface area contributed by atoms with Crippen molar-refractivity contribution >= 4 is 5.71 Å². The zero-order valence-corrected chi connectivity index (χ0v) is 15.0. The molecule has 0 aromatic heterocycles. The van der Waals surface area contributed by atoms with E-state index in [1.54, 1.807) is 0 Å². The lowest BCUT2D eigenvalue weighted by Gasteiger charge is -2.23. The quantitative estimate of drug-likeness (QED) is 0.769. The van der Waals surface area contributed by atoms with Gasteiger partial charge >= 0.3 is 0 Å². The summed E-state index contributed by atoms with van der Waals surface area (Å²) < 4.78 is 0. The Hall–Kier alpha value is -1.39.